The molecule has 1 unspecified atom stereocenters. The summed E-state index contributed by atoms with van der Waals surface area (Å²) in [5, 5.41) is 1.19. The van der Waals surface area contributed by atoms with E-state index in [1.807, 2.05) is 6.07 Å². The average Bonchev–Trinajstić information content (AvgIpc) is 2.34. The Morgan fingerprint density at radius 2 is 2.22 bits per heavy atom. The van der Waals surface area contributed by atoms with Crippen molar-refractivity contribution in [3.63, 3.8) is 0 Å². The molecule has 0 saturated carbocycles. The summed E-state index contributed by atoms with van der Waals surface area (Å²) in [6.07, 6.45) is 2.49. The van der Waals surface area contributed by atoms with Gasteiger partial charge in [-0.15, -0.1) is 0 Å². The van der Waals surface area contributed by atoms with Crippen LogP contribution >= 0.6 is 23.2 Å². The average molecular weight is 288 g/mol. The molecule has 5 heteroatoms. The van der Waals surface area contributed by atoms with Gasteiger partial charge in [-0.05, 0) is 45.6 Å². The van der Waals surface area contributed by atoms with Crippen LogP contribution in [0.4, 0.5) is 0 Å². The molecule has 1 aromatic rings. The number of rotatable bonds is 3. The molecule has 1 fully saturated rings. The Morgan fingerprint density at radius 1 is 1.44 bits per heavy atom. The van der Waals surface area contributed by atoms with Crippen molar-refractivity contribution >= 4 is 23.2 Å². The van der Waals surface area contributed by atoms with Crippen molar-refractivity contribution in [3.8, 4) is 0 Å². The fraction of sp³-hybridized carbons (Fsp3) is 0.615. The monoisotopic (exact) mass is 287 g/mol. The van der Waals surface area contributed by atoms with Crippen molar-refractivity contribution < 1.29 is 0 Å². The number of hydrogen-bond donors (Lipinski definition) is 0. The first-order valence-electron chi connectivity index (χ1n) is 6.26. The summed E-state index contributed by atoms with van der Waals surface area (Å²) in [4.78, 5) is 9.00. The molecule has 0 N–H and O–H groups in total. The van der Waals surface area contributed by atoms with Crippen molar-refractivity contribution in [2.24, 2.45) is 0 Å². The molecule has 1 atom stereocenters. The summed E-state index contributed by atoms with van der Waals surface area (Å²) in [6, 6.07) is 4.11. The Balaban J connectivity index is 2.01. The van der Waals surface area contributed by atoms with Gasteiger partial charge >= 0.3 is 0 Å². The fourth-order valence-electron chi connectivity index (χ4n) is 2.43. The van der Waals surface area contributed by atoms with E-state index in [1.165, 1.54) is 19.4 Å². The largest absolute Gasteiger partial charge is 0.305 e. The molecule has 18 heavy (non-hydrogen) atoms. The molecule has 0 bridgehead atoms. The summed E-state index contributed by atoms with van der Waals surface area (Å²) in [7, 11) is 4.30. The lowest BCUT2D eigenvalue weighted by Gasteiger charge is -2.35. The zero-order chi connectivity index (χ0) is 13.1. The standard InChI is InChI=1S/C13H19Cl2N3/c1-17-7-3-4-10(8-17)18(2)9-12-11(14)5-6-13(15)16-12/h5-6,10H,3-4,7-9H2,1-2H3. The Morgan fingerprint density at radius 3 is 2.94 bits per heavy atom. The zero-order valence-corrected chi connectivity index (χ0v) is 12.4. The zero-order valence-electron chi connectivity index (χ0n) is 10.9. The quantitative estimate of drug-likeness (QED) is 0.797. The molecule has 0 aromatic carbocycles. The molecule has 1 aliphatic rings. The lowest BCUT2D eigenvalue weighted by Crippen LogP contribution is -2.44. The smallest absolute Gasteiger partial charge is 0.129 e. The number of halogens is 2. The van der Waals surface area contributed by atoms with Crippen LogP contribution in [0.15, 0.2) is 12.1 Å². The topological polar surface area (TPSA) is 19.4 Å². The van der Waals surface area contributed by atoms with Crippen LogP contribution in [0.3, 0.4) is 0 Å². The van der Waals surface area contributed by atoms with Crippen LogP contribution in [0.1, 0.15) is 18.5 Å². The molecule has 2 rings (SSSR count). The van der Waals surface area contributed by atoms with Gasteiger partial charge in [0.05, 0.1) is 10.7 Å². The molecule has 100 valence electrons. The fourth-order valence-corrected chi connectivity index (χ4v) is 2.76. The maximum Gasteiger partial charge on any atom is 0.129 e. The van der Waals surface area contributed by atoms with E-state index >= 15 is 0 Å². The molecule has 1 saturated heterocycles. The summed E-state index contributed by atoms with van der Waals surface area (Å²) >= 11 is 12.1. The van der Waals surface area contributed by atoms with Crippen molar-refractivity contribution in [2.45, 2.75) is 25.4 Å². The number of pyridine rings is 1. The Bertz CT molecular complexity index is 411. The van der Waals surface area contributed by atoms with Crippen LogP contribution in [-0.2, 0) is 6.54 Å². The highest BCUT2D eigenvalue weighted by Crippen LogP contribution is 2.21. The molecule has 2 heterocycles. The van der Waals surface area contributed by atoms with E-state index < -0.39 is 0 Å². The minimum Gasteiger partial charge on any atom is -0.305 e. The lowest BCUT2D eigenvalue weighted by atomic mass is 10.0. The molecule has 0 spiro atoms. The minimum atomic E-state index is 0.503. The van der Waals surface area contributed by atoms with Crippen LogP contribution in [0.5, 0.6) is 0 Å². The third-order valence-electron chi connectivity index (χ3n) is 3.51. The molecular formula is C13H19Cl2N3. The third-order valence-corrected chi connectivity index (χ3v) is 4.06. The van der Waals surface area contributed by atoms with Gasteiger partial charge in [0.15, 0.2) is 0 Å². The first-order chi connectivity index (χ1) is 8.56. The normalized spacial score (nSPS) is 21.5. The van der Waals surface area contributed by atoms with Crippen molar-refractivity contribution in [2.75, 3.05) is 27.2 Å². The number of likely N-dealkylation sites (tertiary alicyclic amines) is 1. The highest BCUT2D eigenvalue weighted by atomic mass is 35.5. The molecule has 0 amide bonds. The van der Waals surface area contributed by atoms with Crippen LogP contribution in [0, 0.1) is 0 Å². The first-order valence-corrected chi connectivity index (χ1v) is 7.01. The van der Waals surface area contributed by atoms with Crippen LogP contribution in [-0.4, -0.2) is 48.0 Å². The Hall–Kier alpha value is -0.350. The van der Waals surface area contributed by atoms with E-state index in [1.54, 1.807) is 6.07 Å². The van der Waals surface area contributed by atoms with E-state index in [4.69, 9.17) is 23.2 Å². The van der Waals surface area contributed by atoms with E-state index in [2.05, 4.69) is 28.9 Å². The molecular weight excluding hydrogens is 269 g/mol. The predicted molar refractivity (Wildman–Crippen MR) is 76.2 cm³/mol. The first kappa shape index (κ1) is 14.1. The molecule has 0 aliphatic carbocycles. The van der Waals surface area contributed by atoms with Gasteiger partial charge in [0.25, 0.3) is 0 Å². The number of likely N-dealkylation sites (N-methyl/N-ethyl adjacent to an activating group) is 2. The van der Waals surface area contributed by atoms with Gasteiger partial charge in [0.2, 0.25) is 0 Å². The van der Waals surface area contributed by atoms with Crippen LogP contribution < -0.4 is 0 Å². The molecule has 0 radical (unpaired) electrons. The van der Waals surface area contributed by atoms with E-state index in [9.17, 15) is 0 Å². The second kappa shape index (κ2) is 6.20. The molecule has 1 aliphatic heterocycles. The van der Waals surface area contributed by atoms with Gasteiger partial charge in [0, 0.05) is 19.1 Å². The number of aromatic nitrogens is 1. The molecule has 1 aromatic heterocycles. The maximum atomic E-state index is 6.15. The van der Waals surface area contributed by atoms with Crippen molar-refractivity contribution in [3.05, 3.63) is 28.0 Å². The van der Waals surface area contributed by atoms with Gasteiger partial charge in [-0.1, -0.05) is 23.2 Å². The Kier molecular flexibility index (Phi) is 4.84. The molecule has 3 nitrogen and oxygen atoms in total. The predicted octanol–water partition coefficient (Wildman–Crippen LogP) is 2.91. The van der Waals surface area contributed by atoms with E-state index in [0.29, 0.717) is 16.2 Å². The van der Waals surface area contributed by atoms with E-state index in [0.717, 1.165) is 18.8 Å². The SMILES string of the molecule is CN1CCCC(N(C)Cc2nc(Cl)ccc2Cl)C1. The second-order valence-electron chi connectivity index (χ2n) is 5.04. The third kappa shape index (κ3) is 3.58. The summed E-state index contributed by atoms with van der Waals surface area (Å²) in [6.45, 7) is 3.05. The highest BCUT2D eigenvalue weighted by Gasteiger charge is 2.21. The summed E-state index contributed by atoms with van der Waals surface area (Å²) in [5.74, 6) is 0. The van der Waals surface area contributed by atoms with E-state index in [-0.39, 0.29) is 0 Å². The van der Waals surface area contributed by atoms with Gasteiger partial charge in [-0.2, -0.15) is 0 Å². The number of nitrogens with zero attached hydrogens (tertiary/aromatic N) is 3. The number of hydrogen-bond acceptors (Lipinski definition) is 3. The van der Waals surface area contributed by atoms with Gasteiger partial charge in [0.1, 0.15) is 5.15 Å². The summed E-state index contributed by atoms with van der Waals surface area (Å²) < 4.78 is 0. The minimum absolute atomic E-state index is 0.503. The second-order valence-corrected chi connectivity index (χ2v) is 5.83. The van der Waals surface area contributed by atoms with Crippen molar-refractivity contribution in [1.82, 2.24) is 14.8 Å². The maximum absolute atomic E-state index is 6.15. The van der Waals surface area contributed by atoms with Crippen molar-refractivity contribution in [1.29, 1.82) is 0 Å². The van der Waals surface area contributed by atoms with Crippen LogP contribution in [0.2, 0.25) is 10.2 Å². The Labute approximate surface area is 119 Å². The van der Waals surface area contributed by atoms with Gasteiger partial charge in [-0.25, -0.2) is 4.98 Å². The van der Waals surface area contributed by atoms with Gasteiger partial charge < -0.3 is 4.90 Å². The summed E-state index contributed by atoms with van der Waals surface area (Å²) in [5.41, 5.74) is 0.861. The van der Waals surface area contributed by atoms with Gasteiger partial charge in [-0.3, -0.25) is 4.90 Å². The number of piperidine rings is 1. The lowest BCUT2D eigenvalue weighted by molar-refractivity contribution is 0.128. The van der Waals surface area contributed by atoms with Crippen LogP contribution in [0.25, 0.3) is 0 Å². The highest BCUT2D eigenvalue weighted by molar-refractivity contribution is 6.32.